The van der Waals surface area contributed by atoms with Crippen molar-refractivity contribution < 1.29 is 4.74 Å². The van der Waals surface area contributed by atoms with Crippen molar-refractivity contribution in [1.82, 2.24) is 9.97 Å². The molecule has 0 bridgehead atoms. The molecule has 0 fully saturated rings. The third kappa shape index (κ3) is 2.12. The summed E-state index contributed by atoms with van der Waals surface area (Å²) in [5.74, 6) is 0.756. The van der Waals surface area contributed by atoms with Crippen LogP contribution in [0.4, 0.5) is 5.69 Å². The topological polar surface area (TPSA) is 47.4 Å². The van der Waals surface area contributed by atoms with Crippen LogP contribution in [0.1, 0.15) is 5.56 Å². The van der Waals surface area contributed by atoms with Gasteiger partial charge in [0.15, 0.2) is 0 Å². The summed E-state index contributed by atoms with van der Waals surface area (Å²) in [6.07, 6.45) is 0. The van der Waals surface area contributed by atoms with Crippen LogP contribution in [0.15, 0.2) is 71.7 Å². The van der Waals surface area contributed by atoms with Crippen LogP contribution in [0, 0.1) is 0 Å². The van der Waals surface area contributed by atoms with E-state index < -0.39 is 0 Å². The molecule has 0 atom stereocenters. The predicted molar refractivity (Wildman–Crippen MR) is 95.2 cm³/mol. The van der Waals surface area contributed by atoms with Crippen LogP contribution in [-0.2, 0) is 0 Å². The van der Waals surface area contributed by atoms with Gasteiger partial charge in [0.2, 0.25) is 0 Å². The fraction of sp³-hybridized carbons (Fsp3) is 0.0500. The summed E-state index contributed by atoms with van der Waals surface area (Å²) in [5.41, 5.74) is 6.23. The first-order valence-electron chi connectivity index (χ1n) is 7.83. The first kappa shape index (κ1) is 13.2. The average molecular weight is 311 g/mol. The van der Waals surface area contributed by atoms with E-state index in [9.17, 15) is 0 Å². The van der Waals surface area contributed by atoms with Crippen LogP contribution in [0.25, 0.3) is 22.1 Å². The molecule has 4 heteroatoms. The van der Waals surface area contributed by atoms with E-state index >= 15 is 0 Å². The Labute approximate surface area is 138 Å². The highest BCUT2D eigenvalue weighted by Crippen LogP contribution is 2.35. The number of aromatic nitrogens is 2. The minimum absolute atomic E-state index is 0.462. The molecule has 0 saturated carbocycles. The Morgan fingerprint density at radius 1 is 0.708 bits per heavy atom. The van der Waals surface area contributed by atoms with Crippen molar-refractivity contribution in [2.45, 2.75) is 0 Å². The Balaban J connectivity index is 1.69. The van der Waals surface area contributed by atoms with Crippen LogP contribution < -0.4 is 4.74 Å². The molecule has 0 spiro atoms. The van der Waals surface area contributed by atoms with Crippen molar-refractivity contribution in [3.8, 4) is 5.75 Å². The fourth-order valence-electron chi connectivity index (χ4n) is 2.94. The van der Waals surface area contributed by atoms with Gasteiger partial charge in [-0.1, -0.05) is 42.5 Å². The van der Waals surface area contributed by atoms with E-state index in [0.717, 1.165) is 44.8 Å². The SMILES string of the molecule is c1ccc(C2=Nc3cc4nc5ccccc5nc4cc3OC2)cc1. The molecule has 0 N–H and O–H groups in total. The van der Waals surface area contributed by atoms with Gasteiger partial charge in [0, 0.05) is 6.07 Å². The van der Waals surface area contributed by atoms with E-state index in [1.807, 2.05) is 66.7 Å². The summed E-state index contributed by atoms with van der Waals surface area (Å²) in [4.78, 5) is 14.1. The molecule has 0 aliphatic carbocycles. The van der Waals surface area contributed by atoms with E-state index in [1.165, 1.54) is 0 Å². The lowest BCUT2D eigenvalue weighted by Crippen LogP contribution is -2.16. The quantitative estimate of drug-likeness (QED) is 0.492. The maximum absolute atomic E-state index is 5.91. The fourth-order valence-corrected chi connectivity index (χ4v) is 2.94. The number of nitrogens with zero attached hydrogens (tertiary/aromatic N) is 3. The zero-order valence-electron chi connectivity index (χ0n) is 12.8. The van der Waals surface area contributed by atoms with Gasteiger partial charge in [-0.2, -0.15) is 0 Å². The minimum Gasteiger partial charge on any atom is -0.485 e. The monoisotopic (exact) mass is 311 g/mol. The van der Waals surface area contributed by atoms with Gasteiger partial charge in [0.25, 0.3) is 0 Å². The van der Waals surface area contributed by atoms with E-state index in [1.54, 1.807) is 0 Å². The molecule has 5 rings (SSSR count). The lowest BCUT2D eigenvalue weighted by atomic mass is 10.1. The number of ether oxygens (including phenoxy) is 1. The van der Waals surface area contributed by atoms with Gasteiger partial charge in [0.05, 0.1) is 27.8 Å². The lowest BCUT2D eigenvalue weighted by Gasteiger charge is -2.17. The summed E-state index contributed by atoms with van der Waals surface area (Å²) in [5, 5.41) is 0. The molecule has 3 aromatic carbocycles. The van der Waals surface area contributed by atoms with E-state index in [0.29, 0.717) is 6.61 Å². The van der Waals surface area contributed by atoms with Gasteiger partial charge < -0.3 is 4.74 Å². The van der Waals surface area contributed by atoms with E-state index in [-0.39, 0.29) is 0 Å². The summed E-state index contributed by atoms with van der Waals surface area (Å²) in [6, 6.07) is 21.8. The first-order chi connectivity index (χ1) is 11.9. The second kappa shape index (κ2) is 5.13. The minimum atomic E-state index is 0.462. The van der Waals surface area contributed by atoms with Crippen molar-refractivity contribution in [3.63, 3.8) is 0 Å². The van der Waals surface area contributed by atoms with Crippen molar-refractivity contribution in [1.29, 1.82) is 0 Å². The van der Waals surface area contributed by atoms with Gasteiger partial charge in [-0.3, -0.25) is 0 Å². The standard InChI is InChI=1S/C20H13N3O/c1-2-6-13(7-3-1)19-12-24-20-11-17-16(10-18(20)23-19)21-14-8-4-5-9-15(14)22-17/h1-11H,12H2. The number of aliphatic imine (C=N–C) groups is 1. The average Bonchev–Trinajstić information content (AvgIpc) is 2.65. The van der Waals surface area contributed by atoms with Gasteiger partial charge in [-0.05, 0) is 23.8 Å². The van der Waals surface area contributed by atoms with Crippen LogP contribution in [0.5, 0.6) is 5.75 Å². The Morgan fingerprint density at radius 3 is 2.12 bits per heavy atom. The summed E-state index contributed by atoms with van der Waals surface area (Å²) >= 11 is 0. The summed E-state index contributed by atoms with van der Waals surface area (Å²) < 4.78 is 5.91. The second-order valence-corrected chi connectivity index (χ2v) is 5.73. The Hall–Kier alpha value is -3.27. The number of fused-ring (bicyclic) bond motifs is 3. The highest BCUT2D eigenvalue weighted by atomic mass is 16.5. The summed E-state index contributed by atoms with van der Waals surface area (Å²) in [6.45, 7) is 0.462. The van der Waals surface area contributed by atoms with Gasteiger partial charge in [0.1, 0.15) is 18.0 Å². The maximum Gasteiger partial charge on any atom is 0.147 e. The largest absolute Gasteiger partial charge is 0.485 e. The molecule has 1 aliphatic heterocycles. The summed E-state index contributed by atoms with van der Waals surface area (Å²) in [7, 11) is 0. The van der Waals surface area contributed by atoms with Crippen molar-refractivity contribution in [2.75, 3.05) is 6.61 Å². The second-order valence-electron chi connectivity index (χ2n) is 5.73. The van der Waals surface area contributed by atoms with Crippen molar-refractivity contribution in [2.24, 2.45) is 4.99 Å². The zero-order valence-corrected chi connectivity index (χ0v) is 12.8. The van der Waals surface area contributed by atoms with Gasteiger partial charge in [-0.15, -0.1) is 0 Å². The normalized spacial score (nSPS) is 13.4. The molecule has 0 unspecified atom stereocenters. The molecule has 0 amide bonds. The molecule has 4 nitrogen and oxygen atoms in total. The molecular formula is C20H13N3O. The number of hydrogen-bond acceptors (Lipinski definition) is 4. The predicted octanol–water partition coefficient (Wildman–Crippen LogP) is 4.30. The Kier molecular flexibility index (Phi) is 2.82. The first-order valence-corrected chi connectivity index (χ1v) is 7.83. The third-order valence-corrected chi connectivity index (χ3v) is 4.15. The van der Waals surface area contributed by atoms with Crippen molar-refractivity contribution >= 4 is 33.5 Å². The Morgan fingerprint density at radius 2 is 1.38 bits per heavy atom. The van der Waals surface area contributed by atoms with Gasteiger partial charge in [-0.25, -0.2) is 15.0 Å². The van der Waals surface area contributed by atoms with Gasteiger partial charge >= 0.3 is 0 Å². The molecule has 0 radical (unpaired) electrons. The molecule has 4 aromatic rings. The number of benzene rings is 3. The van der Waals surface area contributed by atoms with Crippen LogP contribution in [0.2, 0.25) is 0 Å². The van der Waals surface area contributed by atoms with E-state index in [4.69, 9.17) is 14.7 Å². The molecule has 114 valence electrons. The van der Waals surface area contributed by atoms with Crippen LogP contribution in [-0.4, -0.2) is 22.3 Å². The molecule has 1 aromatic heterocycles. The third-order valence-electron chi connectivity index (χ3n) is 4.15. The van der Waals surface area contributed by atoms with E-state index in [2.05, 4.69) is 4.98 Å². The molecule has 24 heavy (non-hydrogen) atoms. The number of rotatable bonds is 1. The molecule has 2 heterocycles. The highest BCUT2D eigenvalue weighted by Gasteiger charge is 2.16. The lowest BCUT2D eigenvalue weighted by molar-refractivity contribution is 0.373. The molecule has 1 aliphatic rings. The smallest absolute Gasteiger partial charge is 0.147 e. The number of hydrogen-bond donors (Lipinski definition) is 0. The van der Waals surface area contributed by atoms with Crippen molar-refractivity contribution in [3.05, 3.63) is 72.3 Å². The van der Waals surface area contributed by atoms with Crippen LogP contribution in [0.3, 0.4) is 0 Å². The molecular weight excluding hydrogens is 298 g/mol. The number of para-hydroxylation sites is 2. The highest BCUT2D eigenvalue weighted by molar-refractivity contribution is 6.05. The maximum atomic E-state index is 5.91. The zero-order chi connectivity index (χ0) is 15.9. The molecule has 0 saturated heterocycles. The van der Waals surface area contributed by atoms with Crippen LogP contribution >= 0.6 is 0 Å². The Bertz CT molecular complexity index is 1100.